The molecule has 3 aromatic rings. The molecule has 0 aliphatic carbocycles. The van der Waals surface area contributed by atoms with Gasteiger partial charge in [-0.25, -0.2) is 9.50 Å². The van der Waals surface area contributed by atoms with Gasteiger partial charge in [0.15, 0.2) is 5.65 Å². The highest BCUT2D eigenvalue weighted by molar-refractivity contribution is 9.10. The first-order chi connectivity index (χ1) is 10.1. The van der Waals surface area contributed by atoms with Gasteiger partial charge < -0.3 is 5.32 Å². The van der Waals surface area contributed by atoms with E-state index in [1.807, 2.05) is 31.2 Å². The van der Waals surface area contributed by atoms with Gasteiger partial charge in [-0.2, -0.15) is 5.10 Å². The van der Waals surface area contributed by atoms with Crippen LogP contribution in [0.5, 0.6) is 0 Å². The van der Waals surface area contributed by atoms with Gasteiger partial charge >= 0.3 is 0 Å². The Morgan fingerprint density at radius 3 is 2.86 bits per heavy atom. The van der Waals surface area contributed by atoms with Crippen molar-refractivity contribution in [3.63, 3.8) is 0 Å². The highest BCUT2D eigenvalue weighted by Gasteiger charge is 2.17. The van der Waals surface area contributed by atoms with Crippen molar-refractivity contribution in [2.75, 3.05) is 0 Å². The summed E-state index contributed by atoms with van der Waals surface area (Å²) in [6.45, 7) is 2.28. The van der Waals surface area contributed by atoms with Crippen molar-refractivity contribution in [2.45, 2.75) is 13.5 Å². The zero-order chi connectivity index (χ0) is 14.8. The number of hydrogen-bond acceptors (Lipinski definition) is 3. The van der Waals surface area contributed by atoms with Gasteiger partial charge in [-0.1, -0.05) is 28.1 Å². The summed E-state index contributed by atoms with van der Waals surface area (Å²) < 4.78 is 2.63. The molecule has 21 heavy (non-hydrogen) atoms. The molecule has 0 bridgehead atoms. The summed E-state index contributed by atoms with van der Waals surface area (Å²) in [6, 6.07) is 9.60. The van der Waals surface area contributed by atoms with Crippen LogP contribution < -0.4 is 5.32 Å². The predicted molar refractivity (Wildman–Crippen MR) is 83.0 cm³/mol. The number of fused-ring (bicyclic) bond motifs is 1. The molecule has 0 aliphatic heterocycles. The Hall–Kier alpha value is -2.21. The smallest absolute Gasteiger partial charge is 0.257 e. The minimum absolute atomic E-state index is 0.163. The fourth-order valence-electron chi connectivity index (χ4n) is 2.14. The fourth-order valence-corrected chi connectivity index (χ4v) is 2.40. The van der Waals surface area contributed by atoms with Gasteiger partial charge in [0.2, 0.25) is 0 Å². The second kappa shape index (κ2) is 5.65. The Morgan fingerprint density at radius 1 is 1.33 bits per heavy atom. The maximum absolute atomic E-state index is 12.4. The van der Waals surface area contributed by atoms with Gasteiger partial charge in [0.1, 0.15) is 5.56 Å². The molecule has 1 N–H and O–H groups in total. The van der Waals surface area contributed by atoms with Crippen molar-refractivity contribution in [1.29, 1.82) is 0 Å². The largest absolute Gasteiger partial charge is 0.348 e. The van der Waals surface area contributed by atoms with E-state index >= 15 is 0 Å². The Labute approximate surface area is 130 Å². The Kier molecular flexibility index (Phi) is 3.70. The molecule has 2 heterocycles. The zero-order valence-corrected chi connectivity index (χ0v) is 13.0. The molecule has 1 aromatic carbocycles. The van der Waals surface area contributed by atoms with Crippen LogP contribution in [0.15, 0.2) is 47.2 Å². The van der Waals surface area contributed by atoms with Crippen LogP contribution in [0.1, 0.15) is 21.6 Å². The van der Waals surface area contributed by atoms with Crippen molar-refractivity contribution in [3.8, 4) is 0 Å². The van der Waals surface area contributed by atoms with Crippen LogP contribution in [-0.2, 0) is 6.54 Å². The number of aryl methyl sites for hydroxylation is 1. The number of carbonyl (C=O) groups is 1. The third kappa shape index (κ3) is 2.80. The van der Waals surface area contributed by atoms with Crippen LogP contribution in [-0.4, -0.2) is 20.5 Å². The first kappa shape index (κ1) is 13.8. The molecule has 0 saturated carbocycles. The highest BCUT2D eigenvalue weighted by atomic mass is 79.9. The number of benzene rings is 1. The van der Waals surface area contributed by atoms with E-state index < -0.39 is 0 Å². The monoisotopic (exact) mass is 344 g/mol. The highest BCUT2D eigenvalue weighted by Crippen LogP contribution is 2.13. The molecule has 3 rings (SSSR count). The maximum Gasteiger partial charge on any atom is 0.257 e. The fraction of sp³-hybridized carbons (Fsp3) is 0.133. The first-order valence-corrected chi connectivity index (χ1v) is 7.27. The molecule has 5 nitrogen and oxygen atoms in total. The van der Waals surface area contributed by atoms with Crippen molar-refractivity contribution >= 4 is 27.5 Å². The molecule has 0 unspecified atom stereocenters. The van der Waals surface area contributed by atoms with Crippen LogP contribution in [0, 0.1) is 6.92 Å². The summed E-state index contributed by atoms with van der Waals surface area (Å²) in [5.41, 5.74) is 2.80. The summed E-state index contributed by atoms with van der Waals surface area (Å²) in [7, 11) is 0. The number of hydrogen-bond donors (Lipinski definition) is 1. The molecule has 0 spiro atoms. The number of aromatic nitrogens is 3. The summed E-state index contributed by atoms with van der Waals surface area (Å²) in [6.07, 6.45) is 3.43. The second-order valence-electron chi connectivity index (χ2n) is 4.66. The zero-order valence-electron chi connectivity index (χ0n) is 11.4. The third-order valence-corrected chi connectivity index (χ3v) is 3.69. The Balaban J connectivity index is 1.81. The molecule has 0 saturated heterocycles. The lowest BCUT2D eigenvalue weighted by molar-refractivity contribution is 0.0951. The van der Waals surface area contributed by atoms with Crippen LogP contribution in [0.25, 0.3) is 5.65 Å². The van der Waals surface area contributed by atoms with Gasteiger partial charge in [0, 0.05) is 23.4 Å². The van der Waals surface area contributed by atoms with E-state index in [1.165, 1.54) is 0 Å². The standard InChI is InChI=1S/C15H13BrN4O/c1-10-13(14-17-7-2-8-20(14)19-10)15(21)18-9-11-3-5-12(16)6-4-11/h2-8H,9H2,1H3,(H,18,21). The van der Waals surface area contributed by atoms with Gasteiger partial charge in [-0.3, -0.25) is 4.79 Å². The van der Waals surface area contributed by atoms with Crippen molar-refractivity contribution in [1.82, 2.24) is 19.9 Å². The molecule has 0 radical (unpaired) electrons. The summed E-state index contributed by atoms with van der Waals surface area (Å²) in [5, 5.41) is 7.19. The van der Waals surface area contributed by atoms with Crippen molar-refractivity contribution in [2.24, 2.45) is 0 Å². The number of halogens is 1. The minimum atomic E-state index is -0.163. The second-order valence-corrected chi connectivity index (χ2v) is 5.57. The average molecular weight is 345 g/mol. The van der Waals surface area contributed by atoms with E-state index in [0.717, 1.165) is 10.0 Å². The van der Waals surface area contributed by atoms with E-state index in [9.17, 15) is 4.79 Å². The minimum Gasteiger partial charge on any atom is -0.348 e. The van der Waals surface area contributed by atoms with Gasteiger partial charge in [0.25, 0.3) is 5.91 Å². The van der Waals surface area contributed by atoms with Crippen molar-refractivity contribution < 1.29 is 4.79 Å². The van der Waals surface area contributed by atoms with Crippen LogP contribution in [0.2, 0.25) is 0 Å². The predicted octanol–water partition coefficient (Wildman–Crippen LogP) is 2.73. The van der Waals surface area contributed by atoms with E-state index in [2.05, 4.69) is 31.3 Å². The van der Waals surface area contributed by atoms with Gasteiger partial charge in [-0.15, -0.1) is 0 Å². The van der Waals surface area contributed by atoms with Crippen LogP contribution in [0.3, 0.4) is 0 Å². The molecular weight excluding hydrogens is 332 g/mol. The van der Waals surface area contributed by atoms with Crippen LogP contribution in [0.4, 0.5) is 0 Å². The molecular formula is C15H13BrN4O. The summed E-state index contributed by atoms with van der Waals surface area (Å²) >= 11 is 3.39. The molecule has 2 aromatic heterocycles. The van der Waals surface area contributed by atoms with Gasteiger partial charge in [-0.05, 0) is 30.7 Å². The number of rotatable bonds is 3. The lowest BCUT2D eigenvalue weighted by atomic mass is 10.2. The number of amides is 1. The SMILES string of the molecule is Cc1nn2cccnc2c1C(=O)NCc1ccc(Br)cc1. The van der Waals surface area contributed by atoms with Crippen LogP contribution >= 0.6 is 15.9 Å². The lowest BCUT2D eigenvalue weighted by Gasteiger charge is -2.05. The van der Waals surface area contributed by atoms with E-state index in [1.54, 1.807) is 23.0 Å². The Bertz CT molecular complexity index is 795. The van der Waals surface area contributed by atoms with E-state index in [-0.39, 0.29) is 5.91 Å². The molecule has 0 aliphatic rings. The number of nitrogens with one attached hydrogen (secondary N) is 1. The first-order valence-electron chi connectivity index (χ1n) is 6.48. The molecule has 0 fully saturated rings. The van der Waals surface area contributed by atoms with E-state index in [4.69, 9.17) is 0 Å². The van der Waals surface area contributed by atoms with Crippen molar-refractivity contribution in [3.05, 3.63) is 64.0 Å². The Morgan fingerprint density at radius 2 is 2.10 bits per heavy atom. The van der Waals surface area contributed by atoms with Gasteiger partial charge in [0.05, 0.1) is 5.69 Å². The van der Waals surface area contributed by atoms with E-state index in [0.29, 0.717) is 23.4 Å². The lowest BCUT2D eigenvalue weighted by Crippen LogP contribution is -2.23. The maximum atomic E-state index is 12.4. The molecule has 0 atom stereocenters. The molecule has 6 heteroatoms. The topological polar surface area (TPSA) is 59.3 Å². The normalized spacial score (nSPS) is 10.8. The average Bonchev–Trinajstić information content (AvgIpc) is 2.82. The third-order valence-electron chi connectivity index (χ3n) is 3.16. The number of carbonyl (C=O) groups excluding carboxylic acids is 1. The quantitative estimate of drug-likeness (QED) is 0.794. The number of nitrogens with zero attached hydrogens (tertiary/aromatic N) is 3. The molecule has 106 valence electrons. The summed E-state index contributed by atoms with van der Waals surface area (Å²) in [5.74, 6) is -0.163. The summed E-state index contributed by atoms with van der Waals surface area (Å²) in [4.78, 5) is 16.6. The molecule has 1 amide bonds.